The quantitative estimate of drug-likeness (QED) is 0.652. The molecule has 3 rings (SSSR count). The number of ether oxygens (including phenoxy) is 1. The molecule has 1 heterocycles. The van der Waals surface area contributed by atoms with E-state index in [1.165, 1.54) is 30.5 Å². The van der Waals surface area contributed by atoms with Gasteiger partial charge in [0.15, 0.2) is 11.7 Å². The van der Waals surface area contributed by atoms with Crippen molar-refractivity contribution in [2.24, 2.45) is 0 Å². The summed E-state index contributed by atoms with van der Waals surface area (Å²) in [6, 6.07) is 12.0. The first kappa shape index (κ1) is 18.5. The lowest BCUT2D eigenvalue weighted by Crippen LogP contribution is -2.14. The molecule has 5 nitrogen and oxygen atoms in total. The minimum atomic E-state index is -2.99. The third kappa shape index (κ3) is 4.87. The predicted molar refractivity (Wildman–Crippen MR) is 91.9 cm³/mol. The highest BCUT2D eigenvalue weighted by Gasteiger charge is 2.14. The Bertz CT molecular complexity index is 928. The predicted octanol–water partition coefficient (Wildman–Crippen LogP) is 4.65. The fraction of sp³-hybridized carbons (Fsp3) is 0.158. The SMILES string of the molecule is O=C(CCc1ncc(-c2ccccc2F)o1)Nc1ccccc1OC(F)F. The Morgan fingerprint density at radius 1 is 1.15 bits per heavy atom. The van der Waals surface area contributed by atoms with Gasteiger partial charge in [0.2, 0.25) is 5.91 Å². The summed E-state index contributed by atoms with van der Waals surface area (Å²) in [5.74, 6) is -0.460. The molecule has 2 aromatic carbocycles. The molecule has 0 radical (unpaired) electrons. The molecule has 1 aromatic heterocycles. The van der Waals surface area contributed by atoms with Crippen molar-refractivity contribution in [2.45, 2.75) is 19.5 Å². The van der Waals surface area contributed by atoms with Crippen LogP contribution in [-0.4, -0.2) is 17.5 Å². The maximum Gasteiger partial charge on any atom is 0.387 e. The minimum Gasteiger partial charge on any atom is -0.441 e. The van der Waals surface area contributed by atoms with Crippen LogP contribution in [0.3, 0.4) is 0 Å². The highest BCUT2D eigenvalue weighted by atomic mass is 19.3. The van der Waals surface area contributed by atoms with Crippen LogP contribution in [0.5, 0.6) is 5.75 Å². The largest absolute Gasteiger partial charge is 0.441 e. The van der Waals surface area contributed by atoms with Gasteiger partial charge in [-0.2, -0.15) is 8.78 Å². The van der Waals surface area contributed by atoms with Crippen LogP contribution in [0.2, 0.25) is 0 Å². The summed E-state index contributed by atoms with van der Waals surface area (Å²) in [6.07, 6.45) is 1.55. The van der Waals surface area contributed by atoms with Crippen molar-refractivity contribution in [2.75, 3.05) is 5.32 Å². The average Bonchev–Trinajstić information content (AvgIpc) is 3.10. The Labute approximate surface area is 152 Å². The van der Waals surface area contributed by atoms with Crippen molar-refractivity contribution in [1.29, 1.82) is 0 Å². The van der Waals surface area contributed by atoms with E-state index in [4.69, 9.17) is 4.42 Å². The number of hydrogen-bond donors (Lipinski definition) is 1. The number of nitrogens with zero attached hydrogens (tertiary/aromatic N) is 1. The second-order valence-corrected chi connectivity index (χ2v) is 5.52. The molecule has 0 saturated carbocycles. The number of aromatic nitrogens is 1. The number of carbonyl (C=O) groups excluding carboxylic acids is 1. The van der Waals surface area contributed by atoms with Gasteiger partial charge in [0.05, 0.1) is 17.4 Å². The van der Waals surface area contributed by atoms with Crippen molar-refractivity contribution in [3.63, 3.8) is 0 Å². The van der Waals surface area contributed by atoms with Crippen LogP contribution in [0.25, 0.3) is 11.3 Å². The summed E-state index contributed by atoms with van der Waals surface area (Å²) in [6.45, 7) is -2.99. The van der Waals surface area contributed by atoms with Crippen LogP contribution in [0.1, 0.15) is 12.3 Å². The van der Waals surface area contributed by atoms with Crippen LogP contribution in [0, 0.1) is 5.82 Å². The number of benzene rings is 2. The standard InChI is InChI=1S/C19H15F3N2O3/c20-13-6-2-1-5-12(13)16-11-23-18(26-16)10-9-17(25)24-14-7-3-4-8-15(14)27-19(21)22/h1-8,11,19H,9-10H2,(H,24,25). The van der Waals surface area contributed by atoms with Gasteiger partial charge in [-0.3, -0.25) is 4.79 Å². The number of aryl methyl sites for hydroxylation is 1. The van der Waals surface area contributed by atoms with Crippen LogP contribution in [0.15, 0.2) is 59.1 Å². The van der Waals surface area contributed by atoms with E-state index in [1.807, 2.05) is 0 Å². The van der Waals surface area contributed by atoms with Crippen molar-refractivity contribution in [1.82, 2.24) is 4.98 Å². The summed E-state index contributed by atoms with van der Waals surface area (Å²) in [5, 5.41) is 2.51. The highest BCUT2D eigenvalue weighted by molar-refractivity contribution is 5.92. The van der Waals surface area contributed by atoms with Crippen LogP contribution in [-0.2, 0) is 11.2 Å². The number of carbonyl (C=O) groups is 1. The minimum absolute atomic E-state index is 0.000236. The molecule has 0 saturated heterocycles. The van der Waals surface area contributed by atoms with E-state index < -0.39 is 18.3 Å². The van der Waals surface area contributed by atoms with Crippen molar-refractivity contribution in [3.8, 4) is 17.1 Å². The number of para-hydroxylation sites is 2. The van der Waals surface area contributed by atoms with E-state index in [1.54, 1.807) is 24.3 Å². The summed E-state index contributed by atoms with van der Waals surface area (Å²) in [5.41, 5.74) is 0.418. The number of rotatable bonds is 7. The first-order chi connectivity index (χ1) is 13.0. The smallest absolute Gasteiger partial charge is 0.387 e. The van der Waals surface area contributed by atoms with Gasteiger partial charge in [0, 0.05) is 12.8 Å². The monoisotopic (exact) mass is 376 g/mol. The van der Waals surface area contributed by atoms with Gasteiger partial charge in [-0.05, 0) is 24.3 Å². The zero-order valence-corrected chi connectivity index (χ0v) is 14.0. The van der Waals surface area contributed by atoms with Gasteiger partial charge in [-0.25, -0.2) is 9.37 Å². The van der Waals surface area contributed by atoms with E-state index in [2.05, 4.69) is 15.0 Å². The van der Waals surface area contributed by atoms with Gasteiger partial charge < -0.3 is 14.5 Å². The number of amides is 1. The van der Waals surface area contributed by atoms with Crippen LogP contribution < -0.4 is 10.1 Å². The molecule has 1 N–H and O–H groups in total. The van der Waals surface area contributed by atoms with E-state index in [0.717, 1.165) is 0 Å². The molecule has 0 bridgehead atoms. The van der Waals surface area contributed by atoms with Gasteiger partial charge in [-0.15, -0.1) is 0 Å². The van der Waals surface area contributed by atoms with E-state index in [0.29, 0.717) is 0 Å². The number of alkyl halides is 2. The molecule has 3 aromatic rings. The average molecular weight is 376 g/mol. The number of hydrogen-bond acceptors (Lipinski definition) is 4. The first-order valence-electron chi connectivity index (χ1n) is 8.06. The Hall–Kier alpha value is -3.29. The Balaban J connectivity index is 1.60. The fourth-order valence-corrected chi connectivity index (χ4v) is 2.41. The van der Waals surface area contributed by atoms with Gasteiger partial charge >= 0.3 is 6.61 Å². The highest BCUT2D eigenvalue weighted by Crippen LogP contribution is 2.26. The maximum absolute atomic E-state index is 13.8. The van der Waals surface area contributed by atoms with E-state index in [-0.39, 0.29) is 41.5 Å². The number of anilines is 1. The maximum atomic E-state index is 13.8. The Morgan fingerprint density at radius 2 is 1.89 bits per heavy atom. The molecule has 0 unspecified atom stereocenters. The lowest BCUT2D eigenvalue weighted by molar-refractivity contribution is -0.116. The van der Waals surface area contributed by atoms with Crippen molar-refractivity contribution >= 4 is 11.6 Å². The number of oxazole rings is 1. The first-order valence-corrected chi connectivity index (χ1v) is 8.06. The Morgan fingerprint density at radius 3 is 2.67 bits per heavy atom. The molecule has 0 spiro atoms. The third-order valence-electron chi connectivity index (χ3n) is 3.64. The summed E-state index contributed by atoms with van der Waals surface area (Å²) in [4.78, 5) is 16.1. The van der Waals surface area contributed by atoms with Crippen LogP contribution in [0.4, 0.5) is 18.9 Å². The van der Waals surface area contributed by atoms with Crippen LogP contribution >= 0.6 is 0 Å². The zero-order valence-electron chi connectivity index (χ0n) is 14.0. The second-order valence-electron chi connectivity index (χ2n) is 5.52. The number of halogens is 3. The Kier molecular flexibility index (Phi) is 5.75. The van der Waals surface area contributed by atoms with Crippen molar-refractivity contribution < 1.29 is 27.1 Å². The molecule has 0 fully saturated rings. The number of nitrogens with one attached hydrogen (secondary N) is 1. The molecular formula is C19H15F3N2O3. The van der Waals surface area contributed by atoms with Gasteiger partial charge in [0.25, 0.3) is 0 Å². The topological polar surface area (TPSA) is 64.4 Å². The molecule has 0 aliphatic heterocycles. The molecule has 0 aliphatic rings. The molecular weight excluding hydrogens is 361 g/mol. The molecule has 140 valence electrons. The zero-order chi connectivity index (χ0) is 19.2. The fourth-order valence-electron chi connectivity index (χ4n) is 2.41. The lowest BCUT2D eigenvalue weighted by Gasteiger charge is -2.11. The second kappa shape index (κ2) is 8.39. The normalized spacial score (nSPS) is 10.8. The third-order valence-corrected chi connectivity index (χ3v) is 3.64. The molecule has 0 atom stereocenters. The van der Waals surface area contributed by atoms with E-state index >= 15 is 0 Å². The molecule has 27 heavy (non-hydrogen) atoms. The van der Waals surface area contributed by atoms with Gasteiger partial charge in [-0.1, -0.05) is 24.3 Å². The summed E-state index contributed by atoms with van der Waals surface area (Å²) < 4.78 is 48.4. The molecule has 8 heteroatoms. The van der Waals surface area contributed by atoms with Gasteiger partial charge in [0.1, 0.15) is 11.6 Å². The van der Waals surface area contributed by atoms with E-state index in [9.17, 15) is 18.0 Å². The lowest BCUT2D eigenvalue weighted by atomic mass is 10.2. The summed E-state index contributed by atoms with van der Waals surface area (Å²) in [7, 11) is 0. The molecule has 1 amide bonds. The summed E-state index contributed by atoms with van der Waals surface area (Å²) >= 11 is 0. The van der Waals surface area contributed by atoms with Crippen molar-refractivity contribution in [3.05, 3.63) is 66.4 Å². The molecule has 0 aliphatic carbocycles.